The second-order valence-corrected chi connectivity index (χ2v) is 11.1. The normalized spacial score (nSPS) is 11.8. The SMILES string of the molecule is C=CCOC(=O)CCS(=O)(=O)c1c(CN(C)C(C)=O)c2cc(Cl)ccc2n1C(=O)OC(C)(C)C. The number of halogens is 1. The molecule has 1 aromatic carbocycles. The van der Waals surface area contributed by atoms with Crippen LogP contribution in [0.3, 0.4) is 0 Å². The summed E-state index contributed by atoms with van der Waals surface area (Å²) >= 11 is 6.18. The number of ether oxygens (including phenoxy) is 2. The monoisotopic (exact) mass is 512 g/mol. The first-order valence-electron chi connectivity index (χ1n) is 10.4. The minimum Gasteiger partial charge on any atom is -0.461 e. The number of nitrogens with zero attached hydrogens (tertiary/aromatic N) is 2. The maximum Gasteiger partial charge on any atom is 0.420 e. The van der Waals surface area contributed by atoms with Crippen LogP contribution in [0.25, 0.3) is 10.9 Å². The van der Waals surface area contributed by atoms with Crippen LogP contribution in [0.4, 0.5) is 4.79 Å². The minimum absolute atomic E-state index is 0.0514. The van der Waals surface area contributed by atoms with Crippen LogP contribution in [0.2, 0.25) is 5.02 Å². The van der Waals surface area contributed by atoms with Gasteiger partial charge in [0.05, 0.1) is 17.7 Å². The van der Waals surface area contributed by atoms with E-state index in [2.05, 4.69) is 6.58 Å². The Hall–Kier alpha value is -2.85. The lowest BCUT2D eigenvalue weighted by Crippen LogP contribution is -2.30. The summed E-state index contributed by atoms with van der Waals surface area (Å²) in [7, 11) is -2.73. The van der Waals surface area contributed by atoms with Crippen molar-refractivity contribution in [2.24, 2.45) is 0 Å². The summed E-state index contributed by atoms with van der Waals surface area (Å²) in [6.07, 6.45) is 0.0189. The Morgan fingerprint density at radius 3 is 2.44 bits per heavy atom. The van der Waals surface area contributed by atoms with Crippen LogP contribution >= 0.6 is 11.6 Å². The van der Waals surface area contributed by atoms with Crippen LogP contribution in [0.1, 0.15) is 39.7 Å². The molecule has 0 saturated carbocycles. The van der Waals surface area contributed by atoms with Gasteiger partial charge in [-0.25, -0.2) is 17.8 Å². The average molecular weight is 513 g/mol. The third-order valence-electron chi connectivity index (χ3n) is 4.73. The Kier molecular flexibility index (Phi) is 8.54. The summed E-state index contributed by atoms with van der Waals surface area (Å²) < 4.78 is 38.4. The van der Waals surface area contributed by atoms with Crippen LogP contribution in [0, 0.1) is 0 Å². The van der Waals surface area contributed by atoms with E-state index in [0.717, 1.165) is 4.57 Å². The van der Waals surface area contributed by atoms with E-state index >= 15 is 0 Å². The molecule has 11 heteroatoms. The zero-order valence-electron chi connectivity index (χ0n) is 19.9. The third kappa shape index (κ3) is 6.60. The molecule has 0 saturated heterocycles. The molecule has 0 atom stereocenters. The number of esters is 1. The van der Waals surface area contributed by atoms with Crippen LogP contribution in [-0.4, -0.2) is 60.9 Å². The highest BCUT2D eigenvalue weighted by molar-refractivity contribution is 7.91. The highest BCUT2D eigenvalue weighted by atomic mass is 35.5. The molecule has 0 N–H and O–H groups in total. The van der Waals surface area contributed by atoms with Gasteiger partial charge in [-0.1, -0.05) is 24.3 Å². The fourth-order valence-electron chi connectivity index (χ4n) is 3.16. The van der Waals surface area contributed by atoms with Gasteiger partial charge in [0.2, 0.25) is 5.91 Å². The van der Waals surface area contributed by atoms with Gasteiger partial charge < -0.3 is 14.4 Å². The zero-order valence-corrected chi connectivity index (χ0v) is 21.5. The largest absolute Gasteiger partial charge is 0.461 e. The van der Waals surface area contributed by atoms with Crippen molar-refractivity contribution in [2.75, 3.05) is 19.4 Å². The molecule has 0 spiro atoms. The average Bonchev–Trinajstić information content (AvgIpc) is 3.03. The molecule has 0 unspecified atom stereocenters. The molecule has 0 fully saturated rings. The number of hydrogen-bond donors (Lipinski definition) is 0. The van der Waals surface area contributed by atoms with Crippen LogP contribution in [-0.2, 0) is 35.4 Å². The van der Waals surface area contributed by atoms with E-state index in [1.807, 2.05) is 0 Å². The Morgan fingerprint density at radius 2 is 1.88 bits per heavy atom. The standard InChI is InChI=1S/C23H29ClN2O7S/c1-7-11-32-20(28)10-12-34(30,31)21-18(14-25(6)15(2)27)17-13-16(24)8-9-19(17)26(21)22(29)33-23(3,4)5/h7-9,13H,1,10-12,14H2,2-6H3. The molecule has 186 valence electrons. The summed E-state index contributed by atoms with van der Waals surface area (Å²) in [6.45, 7) is 9.58. The highest BCUT2D eigenvalue weighted by Crippen LogP contribution is 2.34. The second kappa shape index (κ2) is 10.6. The fraction of sp³-hybridized carbons (Fsp3) is 0.435. The van der Waals surface area contributed by atoms with Crippen molar-refractivity contribution in [3.8, 4) is 0 Å². The molecule has 2 aromatic rings. The van der Waals surface area contributed by atoms with Crippen LogP contribution in [0.15, 0.2) is 35.9 Å². The molecule has 0 bridgehead atoms. The molecule has 0 aliphatic rings. The van der Waals surface area contributed by atoms with Crippen LogP contribution in [0.5, 0.6) is 0 Å². The van der Waals surface area contributed by atoms with Gasteiger partial charge in [0.1, 0.15) is 12.2 Å². The molecular weight excluding hydrogens is 484 g/mol. The van der Waals surface area contributed by atoms with Crippen molar-refractivity contribution in [1.82, 2.24) is 9.47 Å². The van der Waals surface area contributed by atoms with Gasteiger partial charge in [-0.3, -0.25) is 9.59 Å². The predicted octanol–water partition coefficient (Wildman–Crippen LogP) is 3.95. The molecule has 1 amide bonds. The van der Waals surface area contributed by atoms with Crippen molar-refractivity contribution in [3.05, 3.63) is 41.4 Å². The van der Waals surface area contributed by atoms with Gasteiger partial charge in [-0.15, -0.1) is 0 Å². The lowest BCUT2D eigenvalue weighted by atomic mass is 10.1. The number of hydrogen-bond acceptors (Lipinski definition) is 7. The van der Waals surface area contributed by atoms with Gasteiger partial charge in [0, 0.05) is 36.5 Å². The molecule has 34 heavy (non-hydrogen) atoms. The lowest BCUT2D eigenvalue weighted by molar-refractivity contribution is -0.141. The smallest absolute Gasteiger partial charge is 0.420 e. The Balaban J connectivity index is 2.76. The molecule has 0 aliphatic heterocycles. The second-order valence-electron chi connectivity index (χ2n) is 8.68. The number of rotatable bonds is 8. The van der Waals surface area contributed by atoms with Crippen molar-refractivity contribution >= 4 is 50.3 Å². The zero-order chi connectivity index (χ0) is 25.8. The molecule has 1 heterocycles. The first-order chi connectivity index (χ1) is 15.7. The summed E-state index contributed by atoms with van der Waals surface area (Å²) in [6, 6.07) is 4.56. The van der Waals surface area contributed by atoms with Gasteiger partial charge >= 0.3 is 12.1 Å². The van der Waals surface area contributed by atoms with E-state index in [0.29, 0.717) is 10.4 Å². The number of carbonyl (C=O) groups excluding carboxylic acids is 3. The molecule has 2 rings (SSSR count). The van der Waals surface area contributed by atoms with Gasteiger partial charge in [-0.05, 0) is 39.0 Å². The minimum atomic E-state index is -4.23. The van der Waals surface area contributed by atoms with E-state index in [-0.39, 0.29) is 35.2 Å². The topological polar surface area (TPSA) is 112 Å². The quantitative estimate of drug-likeness (QED) is 0.389. The highest BCUT2D eigenvalue weighted by Gasteiger charge is 2.33. The third-order valence-corrected chi connectivity index (χ3v) is 6.72. The molecule has 1 aromatic heterocycles. The van der Waals surface area contributed by atoms with Crippen LogP contribution < -0.4 is 0 Å². The Bertz CT molecular complexity index is 1230. The summed E-state index contributed by atoms with van der Waals surface area (Å²) in [5, 5.41) is 0.334. The van der Waals surface area contributed by atoms with Crippen molar-refractivity contribution in [2.45, 2.75) is 51.3 Å². The van der Waals surface area contributed by atoms with Crippen molar-refractivity contribution < 1.29 is 32.3 Å². The van der Waals surface area contributed by atoms with E-state index < -0.39 is 39.7 Å². The maximum atomic E-state index is 13.5. The van der Waals surface area contributed by atoms with Crippen molar-refractivity contribution in [3.63, 3.8) is 0 Å². The van der Waals surface area contributed by atoms with E-state index in [1.54, 1.807) is 20.8 Å². The number of aromatic nitrogens is 1. The molecular formula is C23H29ClN2O7S. The summed E-state index contributed by atoms with van der Waals surface area (Å²) in [5.41, 5.74) is -0.467. The maximum absolute atomic E-state index is 13.5. The Morgan fingerprint density at radius 1 is 1.24 bits per heavy atom. The Labute approximate surface area is 204 Å². The number of fused-ring (bicyclic) bond motifs is 1. The number of benzene rings is 1. The van der Waals surface area contributed by atoms with Crippen molar-refractivity contribution in [1.29, 1.82) is 0 Å². The lowest BCUT2D eigenvalue weighted by Gasteiger charge is -2.21. The molecule has 0 aliphatic carbocycles. The first kappa shape index (κ1) is 27.4. The number of sulfone groups is 1. The molecule has 9 nitrogen and oxygen atoms in total. The predicted molar refractivity (Wildman–Crippen MR) is 129 cm³/mol. The van der Waals surface area contributed by atoms with E-state index in [4.69, 9.17) is 21.1 Å². The van der Waals surface area contributed by atoms with E-state index in [9.17, 15) is 22.8 Å². The molecule has 0 radical (unpaired) electrons. The number of carbonyl (C=O) groups is 3. The van der Waals surface area contributed by atoms with Gasteiger partial charge in [0.15, 0.2) is 14.9 Å². The summed E-state index contributed by atoms with van der Waals surface area (Å²) in [4.78, 5) is 38.4. The van der Waals surface area contributed by atoms with E-state index in [1.165, 1.54) is 43.1 Å². The van der Waals surface area contributed by atoms with Gasteiger partial charge in [0.25, 0.3) is 0 Å². The number of amides is 1. The first-order valence-corrected chi connectivity index (χ1v) is 12.5. The summed E-state index contributed by atoms with van der Waals surface area (Å²) in [5.74, 6) is -1.66. The van der Waals surface area contributed by atoms with Gasteiger partial charge in [-0.2, -0.15) is 0 Å². The fourth-order valence-corrected chi connectivity index (χ4v) is 4.96.